The fraction of sp³-hybridized carbons (Fsp3) is 0.591. The molecule has 0 amide bonds. The lowest BCUT2D eigenvalue weighted by Crippen LogP contribution is -2.63. The number of carboxylic acids is 1. The molecule has 0 spiro atoms. The van der Waals surface area contributed by atoms with Gasteiger partial charge >= 0.3 is 12.1 Å². The summed E-state index contributed by atoms with van der Waals surface area (Å²) >= 11 is 0. The van der Waals surface area contributed by atoms with E-state index in [9.17, 15) is 26.4 Å². The number of benzene rings is 1. The number of sulfonamides is 1. The number of allylic oxidation sites excluding steroid dienone is 1. The molecule has 1 aromatic rings. The van der Waals surface area contributed by atoms with Crippen molar-refractivity contribution in [2.75, 3.05) is 26.2 Å². The van der Waals surface area contributed by atoms with Gasteiger partial charge in [0.1, 0.15) is 0 Å². The van der Waals surface area contributed by atoms with Gasteiger partial charge in [-0.1, -0.05) is 12.2 Å². The van der Waals surface area contributed by atoms with Crippen molar-refractivity contribution in [3.63, 3.8) is 0 Å². The molecule has 3 heterocycles. The van der Waals surface area contributed by atoms with Gasteiger partial charge in [-0.2, -0.15) is 17.5 Å². The highest BCUT2D eigenvalue weighted by Gasteiger charge is 2.49. The number of rotatable bonds is 5. The average molecular weight is 473 g/mol. The number of alkyl halides is 3. The predicted octanol–water partition coefficient (Wildman–Crippen LogP) is 3.46. The van der Waals surface area contributed by atoms with Crippen molar-refractivity contribution >= 4 is 16.0 Å². The van der Waals surface area contributed by atoms with Gasteiger partial charge in [-0.05, 0) is 74.4 Å². The van der Waals surface area contributed by atoms with E-state index in [1.54, 1.807) is 6.08 Å². The van der Waals surface area contributed by atoms with Crippen molar-refractivity contribution < 1.29 is 31.5 Å². The minimum atomic E-state index is -4.52. The number of nitrogens with zero attached hydrogens (tertiary/aromatic N) is 2. The summed E-state index contributed by atoms with van der Waals surface area (Å²) < 4.78 is 66.7. The van der Waals surface area contributed by atoms with Crippen LogP contribution in [-0.2, 0) is 21.0 Å². The van der Waals surface area contributed by atoms with E-state index in [0.717, 1.165) is 56.6 Å². The van der Waals surface area contributed by atoms with Crippen molar-refractivity contribution in [2.24, 2.45) is 17.8 Å². The first-order chi connectivity index (χ1) is 15.1. The molecule has 3 saturated heterocycles. The summed E-state index contributed by atoms with van der Waals surface area (Å²) in [6, 6.07) is 3.92. The Morgan fingerprint density at radius 1 is 1.12 bits per heavy atom. The second-order valence-electron chi connectivity index (χ2n) is 8.92. The third-order valence-electron chi connectivity index (χ3n) is 7.01. The van der Waals surface area contributed by atoms with E-state index in [-0.39, 0.29) is 41.7 Å². The van der Waals surface area contributed by atoms with Crippen LogP contribution in [0.2, 0.25) is 0 Å². The van der Waals surface area contributed by atoms with Crippen LogP contribution in [0.15, 0.2) is 41.3 Å². The number of carboxylic acid groups (broad SMARTS) is 1. The monoisotopic (exact) mass is 472 g/mol. The molecule has 0 radical (unpaired) electrons. The minimum Gasteiger partial charge on any atom is -0.481 e. The van der Waals surface area contributed by atoms with E-state index in [1.807, 2.05) is 6.08 Å². The second kappa shape index (κ2) is 8.79. The summed E-state index contributed by atoms with van der Waals surface area (Å²) in [6.45, 7) is 2.52. The van der Waals surface area contributed by atoms with Gasteiger partial charge in [0.05, 0.1) is 16.9 Å². The largest absolute Gasteiger partial charge is 0.481 e. The molecule has 0 aromatic heterocycles. The molecule has 0 bridgehead atoms. The maximum absolute atomic E-state index is 13.3. The molecule has 3 aliphatic heterocycles. The van der Waals surface area contributed by atoms with Gasteiger partial charge in [0, 0.05) is 19.1 Å². The molecule has 0 saturated carbocycles. The van der Waals surface area contributed by atoms with Crippen LogP contribution in [0.4, 0.5) is 13.2 Å². The third kappa shape index (κ3) is 4.58. The molecule has 4 rings (SSSR count). The van der Waals surface area contributed by atoms with E-state index in [2.05, 4.69) is 4.90 Å². The molecule has 1 N–H and O–H groups in total. The summed E-state index contributed by atoms with van der Waals surface area (Å²) in [6.07, 6.45) is 1.68. The fourth-order valence-electron chi connectivity index (χ4n) is 5.60. The van der Waals surface area contributed by atoms with Crippen molar-refractivity contribution in [1.29, 1.82) is 0 Å². The Labute approximate surface area is 185 Å². The molecule has 3 fully saturated rings. The van der Waals surface area contributed by atoms with Crippen LogP contribution in [0.25, 0.3) is 0 Å². The Morgan fingerprint density at radius 2 is 1.84 bits per heavy atom. The number of aliphatic carboxylic acids is 1. The molecule has 10 heteroatoms. The molecule has 4 atom stereocenters. The van der Waals surface area contributed by atoms with Crippen LogP contribution in [0, 0.1) is 17.8 Å². The van der Waals surface area contributed by atoms with Crippen LogP contribution in [-0.4, -0.2) is 60.9 Å². The van der Waals surface area contributed by atoms with Crippen molar-refractivity contribution in [3.05, 3.63) is 42.0 Å². The maximum Gasteiger partial charge on any atom is 0.416 e. The zero-order chi connectivity index (χ0) is 23.1. The molecule has 0 aliphatic carbocycles. The normalized spacial score (nSPS) is 29.7. The van der Waals surface area contributed by atoms with E-state index in [0.29, 0.717) is 6.54 Å². The molecule has 3 aliphatic rings. The Bertz CT molecular complexity index is 978. The number of carbonyl (C=O) groups is 1. The first-order valence-electron chi connectivity index (χ1n) is 10.9. The number of piperidine rings is 3. The smallest absolute Gasteiger partial charge is 0.416 e. The van der Waals surface area contributed by atoms with E-state index < -0.39 is 27.7 Å². The van der Waals surface area contributed by atoms with Crippen LogP contribution in [0.5, 0.6) is 0 Å². The predicted molar refractivity (Wildman–Crippen MR) is 111 cm³/mol. The molecule has 1 aromatic carbocycles. The fourth-order valence-corrected chi connectivity index (χ4v) is 7.13. The Balaban J connectivity index is 1.60. The highest BCUT2D eigenvalue weighted by molar-refractivity contribution is 7.89. The van der Waals surface area contributed by atoms with Gasteiger partial charge < -0.3 is 5.11 Å². The first-order valence-corrected chi connectivity index (χ1v) is 12.3. The molecule has 6 nitrogen and oxygen atoms in total. The minimum absolute atomic E-state index is 0.0251. The van der Waals surface area contributed by atoms with Gasteiger partial charge in [-0.3, -0.25) is 9.69 Å². The van der Waals surface area contributed by atoms with Crippen LogP contribution < -0.4 is 0 Å². The lowest BCUT2D eigenvalue weighted by Gasteiger charge is -2.55. The van der Waals surface area contributed by atoms with Crippen molar-refractivity contribution in [3.8, 4) is 0 Å². The van der Waals surface area contributed by atoms with Gasteiger partial charge in [0.2, 0.25) is 10.0 Å². The topological polar surface area (TPSA) is 77.9 Å². The Kier molecular flexibility index (Phi) is 6.39. The Hall–Kier alpha value is -1.91. The SMILES string of the molecule is O=C(O)C/C=C/C1CCN2CCCC3CN(S(=O)(=O)c4ccc(C(F)(F)F)cc4)CC1C32. The van der Waals surface area contributed by atoms with Gasteiger partial charge in [-0.15, -0.1) is 0 Å². The number of hydrogen-bond donors (Lipinski definition) is 1. The Morgan fingerprint density at radius 3 is 2.50 bits per heavy atom. The van der Waals surface area contributed by atoms with E-state index in [1.165, 1.54) is 4.31 Å². The van der Waals surface area contributed by atoms with Gasteiger partial charge in [0.25, 0.3) is 0 Å². The summed E-state index contributed by atoms with van der Waals surface area (Å²) in [5.74, 6) is -0.661. The molecular weight excluding hydrogens is 445 g/mol. The van der Waals surface area contributed by atoms with Crippen molar-refractivity contribution in [2.45, 2.75) is 42.8 Å². The summed E-state index contributed by atoms with van der Waals surface area (Å²) in [5, 5.41) is 8.93. The van der Waals surface area contributed by atoms with E-state index >= 15 is 0 Å². The zero-order valence-corrected chi connectivity index (χ0v) is 18.4. The summed E-state index contributed by atoms with van der Waals surface area (Å²) in [4.78, 5) is 13.2. The maximum atomic E-state index is 13.3. The summed E-state index contributed by atoms with van der Waals surface area (Å²) in [7, 11) is -3.94. The average Bonchev–Trinajstić information content (AvgIpc) is 2.74. The van der Waals surface area contributed by atoms with E-state index in [4.69, 9.17) is 5.11 Å². The molecule has 176 valence electrons. The van der Waals surface area contributed by atoms with Crippen LogP contribution >= 0.6 is 0 Å². The first kappa shape index (κ1) is 23.3. The highest BCUT2D eigenvalue weighted by Crippen LogP contribution is 2.43. The van der Waals surface area contributed by atoms with Crippen molar-refractivity contribution in [1.82, 2.24) is 9.21 Å². The van der Waals surface area contributed by atoms with Gasteiger partial charge in [-0.25, -0.2) is 8.42 Å². The van der Waals surface area contributed by atoms with Crippen LogP contribution in [0.1, 0.15) is 31.2 Å². The number of hydrogen-bond acceptors (Lipinski definition) is 4. The number of halogens is 3. The standard InChI is InChI=1S/C22H27F3N2O4S/c23-22(24,25)17-6-8-18(9-7-17)32(30,31)27-13-16-4-2-11-26-12-10-15(3-1-5-20(28)29)19(14-27)21(16)26/h1,3,6-9,15-16,19,21H,2,4-5,10-14H2,(H,28,29)/b3-1+. The second-order valence-corrected chi connectivity index (χ2v) is 10.9. The van der Waals surface area contributed by atoms with Crippen LogP contribution in [0.3, 0.4) is 0 Å². The quantitative estimate of drug-likeness (QED) is 0.665. The zero-order valence-electron chi connectivity index (χ0n) is 17.5. The molecule has 4 unspecified atom stereocenters. The van der Waals surface area contributed by atoms with Gasteiger partial charge in [0.15, 0.2) is 0 Å². The third-order valence-corrected chi connectivity index (χ3v) is 8.86. The molecule has 32 heavy (non-hydrogen) atoms. The highest BCUT2D eigenvalue weighted by atomic mass is 32.2. The summed E-state index contributed by atoms with van der Waals surface area (Å²) in [5.41, 5.74) is -0.881. The molecular formula is C22H27F3N2O4S. The lowest BCUT2D eigenvalue weighted by molar-refractivity contribution is -0.138. The lowest BCUT2D eigenvalue weighted by atomic mass is 9.69.